The van der Waals surface area contributed by atoms with Crippen LogP contribution in [-0.4, -0.2) is 41.1 Å². The summed E-state index contributed by atoms with van der Waals surface area (Å²) in [4.78, 5) is 25.1. The van der Waals surface area contributed by atoms with Crippen LogP contribution in [0, 0.1) is 11.3 Å². The predicted molar refractivity (Wildman–Crippen MR) is 76.5 cm³/mol. The monoisotopic (exact) mass is 282 g/mol. The summed E-state index contributed by atoms with van der Waals surface area (Å²) in [5.74, 6) is -1.20. The van der Waals surface area contributed by atoms with Crippen molar-refractivity contribution in [2.24, 2.45) is 11.3 Å². The third-order valence-electron chi connectivity index (χ3n) is 4.86. The molecule has 20 heavy (non-hydrogen) atoms. The van der Waals surface area contributed by atoms with Crippen LogP contribution in [0.3, 0.4) is 0 Å². The lowest BCUT2D eigenvalue weighted by Crippen LogP contribution is -2.53. The van der Waals surface area contributed by atoms with E-state index in [0.29, 0.717) is 19.5 Å². The predicted octanol–water partition coefficient (Wildman–Crippen LogP) is 2.46. The number of hydrogen-bond donors (Lipinski definition) is 2. The highest BCUT2D eigenvalue weighted by Gasteiger charge is 2.35. The van der Waals surface area contributed by atoms with E-state index in [1.54, 1.807) is 4.90 Å². The van der Waals surface area contributed by atoms with E-state index < -0.39 is 11.9 Å². The van der Waals surface area contributed by atoms with Gasteiger partial charge in [-0.15, -0.1) is 0 Å². The molecule has 0 bridgehead atoms. The maximum atomic E-state index is 12.3. The molecule has 2 N–H and O–H groups in total. The maximum Gasteiger partial charge on any atom is 0.317 e. The fraction of sp³-hybridized carbons (Fsp3) is 0.867. The summed E-state index contributed by atoms with van der Waals surface area (Å²) in [7, 11) is 0. The molecule has 5 heteroatoms. The topological polar surface area (TPSA) is 69.6 Å². The Kier molecular flexibility index (Phi) is 4.55. The zero-order valence-electron chi connectivity index (χ0n) is 12.5. The van der Waals surface area contributed by atoms with Gasteiger partial charge in [0, 0.05) is 19.1 Å². The minimum Gasteiger partial charge on any atom is -0.481 e. The summed E-state index contributed by atoms with van der Waals surface area (Å²) in [5.41, 5.74) is 0.135. The number of carboxylic acid groups (broad SMARTS) is 1. The van der Waals surface area contributed by atoms with Crippen LogP contribution in [0.25, 0.3) is 0 Å². The van der Waals surface area contributed by atoms with Crippen LogP contribution in [0.5, 0.6) is 0 Å². The molecule has 1 heterocycles. The number of carbonyl (C=O) groups is 2. The van der Waals surface area contributed by atoms with Crippen LogP contribution in [0.4, 0.5) is 4.79 Å². The third-order valence-corrected chi connectivity index (χ3v) is 4.86. The number of rotatable bonds is 2. The normalized spacial score (nSPS) is 29.8. The van der Waals surface area contributed by atoms with E-state index in [0.717, 1.165) is 25.7 Å². The van der Waals surface area contributed by atoms with Gasteiger partial charge >= 0.3 is 12.0 Å². The van der Waals surface area contributed by atoms with Gasteiger partial charge in [0.25, 0.3) is 0 Å². The largest absolute Gasteiger partial charge is 0.481 e. The van der Waals surface area contributed by atoms with Crippen molar-refractivity contribution in [1.82, 2.24) is 10.2 Å². The van der Waals surface area contributed by atoms with Crippen LogP contribution in [0.2, 0.25) is 0 Å². The lowest BCUT2D eigenvalue weighted by molar-refractivity contribution is -0.143. The number of nitrogens with zero attached hydrogens (tertiary/aromatic N) is 1. The molecular weight excluding hydrogens is 256 g/mol. The standard InChI is InChI=1S/C15H26N2O3/c1-15(2)8-4-3-7-12(15)16-14(20)17-9-5-6-11(10-17)13(18)19/h11-12H,3-10H2,1-2H3,(H,16,20)(H,18,19). The van der Waals surface area contributed by atoms with Crippen molar-refractivity contribution in [3.63, 3.8) is 0 Å². The maximum absolute atomic E-state index is 12.3. The van der Waals surface area contributed by atoms with Gasteiger partial charge in [-0.05, 0) is 31.1 Å². The Morgan fingerprint density at radius 3 is 2.60 bits per heavy atom. The van der Waals surface area contributed by atoms with Gasteiger partial charge < -0.3 is 15.3 Å². The fourth-order valence-corrected chi connectivity index (χ4v) is 3.37. The molecule has 0 spiro atoms. The van der Waals surface area contributed by atoms with Crippen LogP contribution in [0.1, 0.15) is 52.4 Å². The molecule has 1 saturated carbocycles. The van der Waals surface area contributed by atoms with E-state index in [4.69, 9.17) is 5.11 Å². The lowest BCUT2D eigenvalue weighted by Gasteiger charge is -2.40. The van der Waals surface area contributed by atoms with E-state index in [-0.39, 0.29) is 17.5 Å². The molecule has 0 radical (unpaired) electrons. The smallest absolute Gasteiger partial charge is 0.317 e. The molecule has 0 aromatic rings. The van der Waals surface area contributed by atoms with Crippen LogP contribution in [0.15, 0.2) is 0 Å². The highest BCUT2D eigenvalue weighted by molar-refractivity contribution is 5.76. The quantitative estimate of drug-likeness (QED) is 0.817. The first kappa shape index (κ1) is 15.1. The first-order valence-corrected chi connectivity index (χ1v) is 7.68. The average Bonchev–Trinajstić information content (AvgIpc) is 2.41. The van der Waals surface area contributed by atoms with E-state index in [9.17, 15) is 9.59 Å². The van der Waals surface area contributed by atoms with Crippen molar-refractivity contribution in [1.29, 1.82) is 0 Å². The zero-order valence-corrected chi connectivity index (χ0v) is 12.5. The minimum absolute atomic E-state index is 0.0871. The van der Waals surface area contributed by atoms with Crippen molar-refractivity contribution in [2.45, 2.75) is 58.4 Å². The number of carbonyl (C=O) groups excluding carboxylic acids is 1. The molecule has 2 atom stereocenters. The Balaban J connectivity index is 1.92. The molecule has 1 saturated heterocycles. The summed E-state index contributed by atoms with van der Waals surface area (Å²) >= 11 is 0. The number of urea groups is 1. The van der Waals surface area contributed by atoms with Gasteiger partial charge in [-0.1, -0.05) is 26.7 Å². The Bertz CT molecular complexity index is 381. The third kappa shape index (κ3) is 3.44. The van der Waals surface area contributed by atoms with Gasteiger partial charge in [-0.25, -0.2) is 4.79 Å². The Morgan fingerprint density at radius 1 is 1.20 bits per heavy atom. The summed E-state index contributed by atoms with van der Waals surface area (Å²) in [6.07, 6.45) is 5.99. The average molecular weight is 282 g/mol. The van der Waals surface area contributed by atoms with E-state index in [1.165, 1.54) is 6.42 Å². The molecule has 0 aromatic heterocycles. The number of carboxylic acids is 1. The highest BCUT2D eigenvalue weighted by atomic mass is 16.4. The van der Waals surface area contributed by atoms with Gasteiger partial charge in [-0.2, -0.15) is 0 Å². The molecule has 0 aromatic carbocycles. The SMILES string of the molecule is CC1(C)CCCCC1NC(=O)N1CCCC(C(=O)O)C1. The highest BCUT2D eigenvalue weighted by Crippen LogP contribution is 2.35. The first-order chi connectivity index (χ1) is 9.40. The first-order valence-electron chi connectivity index (χ1n) is 7.68. The van der Waals surface area contributed by atoms with Gasteiger partial charge in [-0.3, -0.25) is 4.79 Å². The Morgan fingerprint density at radius 2 is 1.95 bits per heavy atom. The molecule has 1 aliphatic heterocycles. The minimum atomic E-state index is -0.791. The van der Waals surface area contributed by atoms with Crippen molar-refractivity contribution >= 4 is 12.0 Å². The number of likely N-dealkylation sites (tertiary alicyclic amines) is 1. The number of piperidine rings is 1. The van der Waals surface area contributed by atoms with Crippen molar-refractivity contribution in [3.8, 4) is 0 Å². The van der Waals surface area contributed by atoms with Crippen molar-refractivity contribution in [3.05, 3.63) is 0 Å². The Labute approximate surface area is 120 Å². The van der Waals surface area contributed by atoms with Crippen molar-refractivity contribution < 1.29 is 14.7 Å². The summed E-state index contributed by atoms with van der Waals surface area (Å²) in [6.45, 7) is 5.41. The van der Waals surface area contributed by atoms with E-state index in [1.807, 2.05) is 0 Å². The molecule has 2 amide bonds. The summed E-state index contributed by atoms with van der Waals surface area (Å²) in [6, 6.07) is 0.116. The van der Waals surface area contributed by atoms with Crippen molar-refractivity contribution in [2.75, 3.05) is 13.1 Å². The van der Waals surface area contributed by atoms with Gasteiger partial charge in [0.15, 0.2) is 0 Å². The van der Waals surface area contributed by atoms with E-state index in [2.05, 4.69) is 19.2 Å². The Hall–Kier alpha value is -1.26. The summed E-state index contributed by atoms with van der Waals surface area (Å²) in [5, 5.41) is 12.2. The summed E-state index contributed by atoms with van der Waals surface area (Å²) < 4.78 is 0. The molecule has 2 rings (SSSR count). The number of aliphatic carboxylic acids is 1. The van der Waals surface area contributed by atoms with Gasteiger partial charge in [0.1, 0.15) is 0 Å². The lowest BCUT2D eigenvalue weighted by atomic mass is 9.73. The second-order valence-corrected chi connectivity index (χ2v) is 6.86. The molecular formula is C15H26N2O3. The van der Waals surface area contributed by atoms with Gasteiger partial charge in [0.05, 0.1) is 5.92 Å². The molecule has 1 aliphatic carbocycles. The molecule has 2 fully saturated rings. The molecule has 5 nitrogen and oxygen atoms in total. The zero-order chi connectivity index (χ0) is 14.8. The van der Waals surface area contributed by atoms with Crippen LogP contribution >= 0.6 is 0 Å². The second kappa shape index (κ2) is 6.02. The van der Waals surface area contributed by atoms with E-state index >= 15 is 0 Å². The molecule has 114 valence electrons. The van der Waals surface area contributed by atoms with Crippen LogP contribution < -0.4 is 5.32 Å². The number of amides is 2. The van der Waals surface area contributed by atoms with Crippen LogP contribution in [-0.2, 0) is 4.79 Å². The van der Waals surface area contributed by atoms with Gasteiger partial charge in [0.2, 0.25) is 0 Å². The fourth-order valence-electron chi connectivity index (χ4n) is 3.37. The molecule has 2 unspecified atom stereocenters. The number of hydrogen-bond acceptors (Lipinski definition) is 2. The number of nitrogens with one attached hydrogen (secondary N) is 1. The second-order valence-electron chi connectivity index (χ2n) is 6.86. The molecule has 2 aliphatic rings.